The van der Waals surface area contributed by atoms with Crippen LogP contribution < -0.4 is 10.5 Å². The molecule has 0 bridgehead atoms. The molecule has 0 radical (unpaired) electrons. The van der Waals surface area contributed by atoms with E-state index in [0.717, 1.165) is 68.3 Å². The Morgan fingerprint density at radius 3 is 2.71 bits per heavy atom. The van der Waals surface area contributed by atoms with Crippen molar-refractivity contribution in [2.24, 2.45) is 0 Å². The lowest BCUT2D eigenvalue weighted by molar-refractivity contribution is -0.116. The van der Waals surface area contributed by atoms with E-state index in [0.29, 0.717) is 42.5 Å². The largest absolute Gasteiger partial charge is 0.379 e. The highest BCUT2D eigenvalue weighted by Crippen LogP contribution is 2.40. The molecule has 2 fully saturated rings. The second-order valence-corrected chi connectivity index (χ2v) is 10.3. The number of fused-ring (bicyclic) bond motifs is 2. The molecule has 0 spiro atoms. The molecule has 11 nitrogen and oxygen atoms in total. The molecule has 196 valence electrons. The van der Waals surface area contributed by atoms with Crippen LogP contribution in [-0.2, 0) is 22.6 Å². The monoisotopic (exact) mass is 514 g/mol. The molecule has 1 saturated heterocycles. The predicted molar refractivity (Wildman–Crippen MR) is 142 cm³/mol. The fraction of sp³-hybridized carbons (Fsp3) is 0.444. The number of aromatic nitrogens is 6. The highest BCUT2D eigenvalue weighted by molar-refractivity contribution is 5.93. The molecule has 0 atom stereocenters. The van der Waals surface area contributed by atoms with E-state index in [-0.39, 0.29) is 11.5 Å². The van der Waals surface area contributed by atoms with Gasteiger partial charge in [0, 0.05) is 58.0 Å². The van der Waals surface area contributed by atoms with Crippen LogP contribution in [0.25, 0.3) is 33.5 Å². The summed E-state index contributed by atoms with van der Waals surface area (Å²) in [5.41, 5.74) is 3.83. The fourth-order valence-electron chi connectivity index (χ4n) is 5.47. The molecule has 0 N–H and O–H groups in total. The number of nitrogens with zero attached hydrogens (tertiary/aromatic N) is 8. The van der Waals surface area contributed by atoms with Gasteiger partial charge in [0.05, 0.1) is 42.2 Å². The lowest BCUT2D eigenvalue weighted by Gasteiger charge is -2.26. The molecular formula is C27H30N8O3. The molecule has 1 aromatic carbocycles. The van der Waals surface area contributed by atoms with Crippen LogP contribution in [0, 0.1) is 0 Å². The van der Waals surface area contributed by atoms with Gasteiger partial charge in [0.2, 0.25) is 11.9 Å². The Morgan fingerprint density at radius 1 is 1.08 bits per heavy atom. The van der Waals surface area contributed by atoms with Gasteiger partial charge >= 0.3 is 0 Å². The van der Waals surface area contributed by atoms with E-state index >= 15 is 0 Å². The smallest absolute Gasteiger partial charge is 0.261 e. The van der Waals surface area contributed by atoms with Crippen molar-refractivity contribution < 1.29 is 9.53 Å². The molecule has 0 unspecified atom stereocenters. The van der Waals surface area contributed by atoms with Crippen molar-refractivity contribution in [3.05, 3.63) is 47.1 Å². The second kappa shape index (κ2) is 9.17. The standard InChI is InChI=1S/C27H30N8O3/c1-18(36)33-10-11-34-25(24(29-27(33)34)23-6-7-35(30-23)20-3-4-20)19-2-5-22-21(16-19)26(37)32(17-28-22)9-8-31-12-14-38-15-13-31/h2,5-7,16-17,20H,3-4,8-15H2,1H3. The number of morpholine rings is 1. The minimum absolute atomic E-state index is 0.0405. The number of hydrogen-bond acceptors (Lipinski definition) is 7. The number of rotatable bonds is 6. The van der Waals surface area contributed by atoms with E-state index in [1.165, 1.54) is 0 Å². The summed E-state index contributed by atoms with van der Waals surface area (Å²) in [6, 6.07) is 8.23. The summed E-state index contributed by atoms with van der Waals surface area (Å²) in [7, 11) is 0. The molecule has 3 aromatic heterocycles. The number of amides is 1. The molecule has 5 heterocycles. The van der Waals surface area contributed by atoms with Crippen molar-refractivity contribution in [2.75, 3.05) is 44.3 Å². The van der Waals surface area contributed by atoms with Crippen LogP contribution in [-0.4, -0.2) is 79.1 Å². The predicted octanol–water partition coefficient (Wildman–Crippen LogP) is 2.16. The van der Waals surface area contributed by atoms with Gasteiger partial charge in [-0.1, -0.05) is 6.07 Å². The molecule has 11 heteroatoms. The Morgan fingerprint density at radius 2 is 1.92 bits per heavy atom. The Labute approximate surface area is 219 Å². The third kappa shape index (κ3) is 4.02. The first-order valence-electron chi connectivity index (χ1n) is 13.3. The van der Waals surface area contributed by atoms with E-state index < -0.39 is 0 Å². The zero-order valence-electron chi connectivity index (χ0n) is 21.4. The number of imidazole rings is 1. The molecule has 38 heavy (non-hydrogen) atoms. The van der Waals surface area contributed by atoms with Crippen LogP contribution in [0.1, 0.15) is 25.8 Å². The van der Waals surface area contributed by atoms with Gasteiger partial charge in [0.15, 0.2) is 0 Å². The number of ether oxygens (including phenoxy) is 1. The normalized spacial score (nSPS) is 17.9. The van der Waals surface area contributed by atoms with Crippen LogP contribution in [0.4, 0.5) is 5.95 Å². The number of carbonyl (C=O) groups is 1. The topological polar surface area (TPSA) is 103 Å². The molecule has 1 amide bonds. The number of carbonyl (C=O) groups excluding carboxylic acids is 1. The summed E-state index contributed by atoms with van der Waals surface area (Å²) in [5, 5.41) is 5.39. The van der Waals surface area contributed by atoms with Gasteiger partial charge in [-0.2, -0.15) is 5.10 Å². The minimum atomic E-state index is -0.0591. The van der Waals surface area contributed by atoms with Crippen molar-refractivity contribution in [1.82, 2.24) is 33.8 Å². The lowest BCUT2D eigenvalue weighted by Crippen LogP contribution is -2.39. The first kappa shape index (κ1) is 23.3. The first-order chi connectivity index (χ1) is 18.6. The van der Waals surface area contributed by atoms with Crippen LogP contribution in [0.5, 0.6) is 0 Å². The van der Waals surface area contributed by atoms with Crippen molar-refractivity contribution in [3.8, 4) is 22.6 Å². The quantitative estimate of drug-likeness (QED) is 0.388. The molecular weight excluding hydrogens is 484 g/mol. The summed E-state index contributed by atoms with van der Waals surface area (Å²) in [5.74, 6) is 0.582. The maximum absolute atomic E-state index is 13.5. The molecule has 1 aliphatic carbocycles. The summed E-state index contributed by atoms with van der Waals surface area (Å²) < 4.78 is 11.2. The van der Waals surface area contributed by atoms with E-state index in [4.69, 9.17) is 14.8 Å². The molecule has 4 aromatic rings. The fourth-order valence-corrected chi connectivity index (χ4v) is 5.47. The van der Waals surface area contributed by atoms with Crippen molar-refractivity contribution in [3.63, 3.8) is 0 Å². The van der Waals surface area contributed by atoms with Gasteiger partial charge in [-0.25, -0.2) is 9.97 Å². The Hall–Kier alpha value is -3.83. The molecule has 1 saturated carbocycles. The van der Waals surface area contributed by atoms with E-state index in [9.17, 15) is 9.59 Å². The van der Waals surface area contributed by atoms with Gasteiger partial charge in [-0.05, 0) is 31.0 Å². The third-order valence-corrected chi connectivity index (χ3v) is 7.75. The Balaban J connectivity index is 1.30. The zero-order chi connectivity index (χ0) is 25.8. The number of benzene rings is 1. The SMILES string of the molecule is CC(=O)N1CCn2c1nc(-c1ccn(C3CC3)n1)c2-c1ccc2ncn(CCN3CCOCC3)c(=O)c2c1. The van der Waals surface area contributed by atoms with Crippen LogP contribution in [0.2, 0.25) is 0 Å². The minimum Gasteiger partial charge on any atom is -0.379 e. The number of hydrogen-bond donors (Lipinski definition) is 0. The summed E-state index contributed by atoms with van der Waals surface area (Å²) in [6.45, 7) is 7.34. The second-order valence-electron chi connectivity index (χ2n) is 10.3. The Bertz CT molecular complexity index is 1590. The van der Waals surface area contributed by atoms with Crippen molar-refractivity contribution in [1.29, 1.82) is 0 Å². The number of anilines is 1. The first-order valence-corrected chi connectivity index (χ1v) is 13.3. The van der Waals surface area contributed by atoms with E-state index in [2.05, 4.69) is 14.5 Å². The van der Waals surface area contributed by atoms with Gasteiger partial charge in [-0.15, -0.1) is 0 Å². The Kier molecular flexibility index (Phi) is 5.62. The van der Waals surface area contributed by atoms with Crippen molar-refractivity contribution in [2.45, 2.75) is 38.9 Å². The molecule has 2 aliphatic heterocycles. The van der Waals surface area contributed by atoms with E-state index in [1.54, 1.807) is 22.7 Å². The summed E-state index contributed by atoms with van der Waals surface area (Å²) in [6.07, 6.45) is 5.92. The van der Waals surface area contributed by atoms with Gasteiger partial charge < -0.3 is 9.30 Å². The zero-order valence-corrected chi connectivity index (χ0v) is 21.4. The highest BCUT2D eigenvalue weighted by Gasteiger charge is 2.32. The van der Waals surface area contributed by atoms with E-state index in [1.807, 2.05) is 35.1 Å². The van der Waals surface area contributed by atoms with Gasteiger partial charge in [-0.3, -0.25) is 28.6 Å². The van der Waals surface area contributed by atoms with Crippen molar-refractivity contribution >= 4 is 22.8 Å². The lowest BCUT2D eigenvalue weighted by atomic mass is 10.1. The van der Waals surface area contributed by atoms with Crippen LogP contribution >= 0.6 is 0 Å². The van der Waals surface area contributed by atoms with Crippen LogP contribution in [0.3, 0.4) is 0 Å². The average Bonchev–Trinajstić information content (AvgIpc) is 3.34. The summed E-state index contributed by atoms with van der Waals surface area (Å²) >= 11 is 0. The van der Waals surface area contributed by atoms with Crippen LogP contribution in [0.15, 0.2) is 41.6 Å². The third-order valence-electron chi connectivity index (χ3n) is 7.75. The summed E-state index contributed by atoms with van der Waals surface area (Å²) in [4.78, 5) is 39.3. The van der Waals surface area contributed by atoms with Gasteiger partial charge in [0.25, 0.3) is 5.56 Å². The average molecular weight is 515 g/mol. The molecule has 3 aliphatic rings. The molecule has 7 rings (SSSR count). The van der Waals surface area contributed by atoms with Gasteiger partial charge in [0.1, 0.15) is 11.4 Å². The maximum Gasteiger partial charge on any atom is 0.261 e. The highest BCUT2D eigenvalue weighted by atomic mass is 16.5. The maximum atomic E-state index is 13.5.